The maximum Gasteiger partial charge on any atom is 0.265 e. The number of fused-ring (bicyclic) bond motifs is 1. The van der Waals surface area contributed by atoms with Crippen LogP contribution in [0.2, 0.25) is 0 Å². The molecule has 1 aliphatic rings. The molecule has 0 N–H and O–H groups in total. The highest BCUT2D eigenvalue weighted by molar-refractivity contribution is 5.71. The van der Waals surface area contributed by atoms with Crippen LogP contribution in [0.15, 0.2) is 51.9 Å². The molecule has 2 unspecified atom stereocenters. The number of likely N-dealkylation sites (tertiary alicyclic amines) is 1. The molecule has 2 atom stereocenters. The summed E-state index contributed by atoms with van der Waals surface area (Å²) >= 11 is 0. The monoisotopic (exact) mass is 408 g/mol. The summed E-state index contributed by atoms with van der Waals surface area (Å²) in [4.78, 5) is 23.0. The number of furan rings is 1. The first-order valence-corrected chi connectivity index (χ1v) is 11.0. The number of rotatable bonds is 7. The smallest absolute Gasteiger partial charge is 0.265 e. The van der Waals surface area contributed by atoms with Gasteiger partial charge in [-0.2, -0.15) is 4.98 Å². The van der Waals surface area contributed by atoms with Gasteiger partial charge < -0.3 is 9.32 Å². The second kappa shape index (κ2) is 9.14. The summed E-state index contributed by atoms with van der Waals surface area (Å²) < 4.78 is 7.41. The zero-order chi connectivity index (χ0) is 21.1. The van der Waals surface area contributed by atoms with Crippen LogP contribution in [-0.2, 0) is 6.54 Å². The molecule has 4 rings (SSSR count). The molecule has 0 aliphatic carbocycles. The topological polar surface area (TPSA) is 54.5 Å². The van der Waals surface area contributed by atoms with Gasteiger partial charge in [0, 0.05) is 13.1 Å². The first-order chi connectivity index (χ1) is 14.6. The van der Waals surface area contributed by atoms with E-state index in [0.717, 1.165) is 37.4 Å². The first kappa shape index (κ1) is 20.8. The first-order valence-electron chi connectivity index (χ1n) is 11.0. The Hall–Kier alpha value is -2.44. The van der Waals surface area contributed by atoms with Gasteiger partial charge in [-0.25, -0.2) is 0 Å². The molecule has 1 aromatic carbocycles. The number of aromatic nitrogens is 2. The van der Waals surface area contributed by atoms with E-state index < -0.39 is 0 Å². The fraction of sp³-hybridized carbons (Fsp3) is 0.500. The molecule has 6 nitrogen and oxygen atoms in total. The Morgan fingerprint density at radius 2 is 2.03 bits per heavy atom. The van der Waals surface area contributed by atoms with Crippen LogP contribution in [0, 0.1) is 5.92 Å². The average Bonchev–Trinajstić information content (AvgIpc) is 3.21. The molecule has 0 radical (unpaired) electrons. The lowest BCUT2D eigenvalue weighted by molar-refractivity contribution is 0.0992. The maximum atomic E-state index is 13.4. The lowest BCUT2D eigenvalue weighted by Gasteiger charge is -2.39. The summed E-state index contributed by atoms with van der Waals surface area (Å²) in [5, 5.41) is 0.550. The van der Waals surface area contributed by atoms with Gasteiger partial charge in [0.15, 0.2) is 0 Å². The van der Waals surface area contributed by atoms with Crippen molar-refractivity contribution in [1.82, 2.24) is 19.4 Å². The lowest BCUT2D eigenvalue weighted by atomic mass is 9.95. The van der Waals surface area contributed by atoms with E-state index in [1.54, 1.807) is 12.3 Å². The minimum Gasteiger partial charge on any atom is -0.446 e. The highest BCUT2D eigenvalue weighted by Gasteiger charge is 2.30. The van der Waals surface area contributed by atoms with E-state index in [2.05, 4.69) is 43.0 Å². The molecule has 30 heavy (non-hydrogen) atoms. The van der Waals surface area contributed by atoms with Crippen LogP contribution in [0.1, 0.15) is 43.6 Å². The third-order valence-corrected chi connectivity index (χ3v) is 6.10. The summed E-state index contributed by atoms with van der Waals surface area (Å²) in [5.41, 5.74) is 1.52. The van der Waals surface area contributed by atoms with Gasteiger partial charge in [-0.3, -0.25) is 14.3 Å². The van der Waals surface area contributed by atoms with Gasteiger partial charge in [0.05, 0.1) is 18.8 Å². The fourth-order valence-electron chi connectivity index (χ4n) is 4.79. The summed E-state index contributed by atoms with van der Waals surface area (Å²) in [6.07, 6.45) is 4.90. The standard InChI is InChI=1S/C24H32N4O2/c1-4-21(27-13-8-11-19(16-27)15-26(2)3)22-25-23-20(12-14-30-23)24(29)28(22)17-18-9-6-5-7-10-18/h5-7,9-10,12,14,19,21H,4,8,11,13,15-17H2,1-3H3. The van der Waals surface area contributed by atoms with Crippen LogP contribution in [-0.4, -0.2) is 53.1 Å². The Morgan fingerprint density at radius 3 is 2.77 bits per heavy atom. The number of nitrogens with zero attached hydrogens (tertiary/aromatic N) is 4. The van der Waals surface area contributed by atoms with Gasteiger partial charge >= 0.3 is 0 Å². The van der Waals surface area contributed by atoms with Crippen molar-refractivity contribution in [2.24, 2.45) is 5.92 Å². The highest BCUT2D eigenvalue weighted by Crippen LogP contribution is 2.29. The average molecular weight is 409 g/mol. The molecule has 3 aromatic rings. The Labute approximate surface area is 178 Å². The van der Waals surface area contributed by atoms with E-state index >= 15 is 0 Å². The molecule has 1 saturated heterocycles. The zero-order valence-corrected chi connectivity index (χ0v) is 18.3. The Morgan fingerprint density at radius 1 is 1.23 bits per heavy atom. The molecule has 160 valence electrons. The maximum absolute atomic E-state index is 13.4. The molecule has 2 aromatic heterocycles. The van der Waals surface area contributed by atoms with Crippen molar-refractivity contribution < 1.29 is 4.42 Å². The van der Waals surface area contributed by atoms with Crippen LogP contribution in [0.25, 0.3) is 11.1 Å². The van der Waals surface area contributed by atoms with Crippen molar-refractivity contribution in [1.29, 1.82) is 0 Å². The second-order valence-electron chi connectivity index (χ2n) is 8.68. The van der Waals surface area contributed by atoms with E-state index in [9.17, 15) is 4.79 Å². The van der Waals surface area contributed by atoms with Crippen LogP contribution in [0.5, 0.6) is 0 Å². The molecular formula is C24H32N4O2. The summed E-state index contributed by atoms with van der Waals surface area (Å²) in [6.45, 7) is 5.88. The van der Waals surface area contributed by atoms with E-state index in [0.29, 0.717) is 23.6 Å². The SMILES string of the molecule is CCC(c1nc2occc2c(=O)n1Cc1ccccc1)N1CCCC(CN(C)C)C1. The van der Waals surface area contributed by atoms with Crippen LogP contribution in [0.4, 0.5) is 0 Å². The summed E-state index contributed by atoms with van der Waals surface area (Å²) in [5.74, 6) is 1.46. The molecule has 3 heterocycles. The predicted octanol–water partition coefficient (Wildman–Crippen LogP) is 3.76. The van der Waals surface area contributed by atoms with Crippen molar-refractivity contribution in [2.75, 3.05) is 33.7 Å². The zero-order valence-electron chi connectivity index (χ0n) is 18.3. The molecule has 0 saturated carbocycles. The largest absolute Gasteiger partial charge is 0.446 e. The normalized spacial score (nSPS) is 18.9. The molecule has 0 spiro atoms. The van der Waals surface area contributed by atoms with Crippen molar-refractivity contribution in [3.05, 3.63) is 64.4 Å². The van der Waals surface area contributed by atoms with Gasteiger partial charge in [0.25, 0.3) is 5.56 Å². The fourth-order valence-corrected chi connectivity index (χ4v) is 4.79. The number of hydrogen-bond acceptors (Lipinski definition) is 5. The minimum atomic E-state index is -0.0205. The third-order valence-electron chi connectivity index (χ3n) is 6.10. The molecule has 6 heteroatoms. The van der Waals surface area contributed by atoms with Crippen LogP contribution >= 0.6 is 0 Å². The van der Waals surface area contributed by atoms with Gasteiger partial charge in [-0.1, -0.05) is 37.3 Å². The second-order valence-corrected chi connectivity index (χ2v) is 8.68. The number of piperidine rings is 1. The molecular weight excluding hydrogens is 376 g/mol. The van der Waals surface area contributed by atoms with Crippen LogP contribution in [0.3, 0.4) is 0 Å². The van der Waals surface area contributed by atoms with Crippen molar-refractivity contribution in [3.8, 4) is 0 Å². The minimum absolute atomic E-state index is 0.0205. The Kier molecular flexibility index (Phi) is 6.35. The Balaban J connectivity index is 1.73. The summed E-state index contributed by atoms with van der Waals surface area (Å²) in [6, 6.07) is 12.0. The molecule has 1 fully saturated rings. The summed E-state index contributed by atoms with van der Waals surface area (Å²) in [7, 11) is 4.28. The van der Waals surface area contributed by atoms with Gasteiger partial charge in [0.1, 0.15) is 11.2 Å². The van der Waals surface area contributed by atoms with E-state index in [-0.39, 0.29) is 11.6 Å². The molecule has 0 bridgehead atoms. The van der Waals surface area contributed by atoms with E-state index in [1.807, 2.05) is 22.8 Å². The predicted molar refractivity (Wildman–Crippen MR) is 120 cm³/mol. The quantitative estimate of drug-likeness (QED) is 0.596. The third kappa shape index (κ3) is 4.35. The molecule has 1 aliphatic heterocycles. The van der Waals surface area contributed by atoms with E-state index in [1.165, 1.54) is 12.8 Å². The van der Waals surface area contributed by atoms with Crippen LogP contribution < -0.4 is 5.56 Å². The van der Waals surface area contributed by atoms with E-state index in [4.69, 9.17) is 9.40 Å². The van der Waals surface area contributed by atoms with Gasteiger partial charge in [-0.15, -0.1) is 0 Å². The molecule has 0 amide bonds. The number of hydrogen-bond donors (Lipinski definition) is 0. The lowest BCUT2D eigenvalue weighted by Crippen LogP contribution is -2.43. The van der Waals surface area contributed by atoms with Crippen molar-refractivity contribution in [3.63, 3.8) is 0 Å². The van der Waals surface area contributed by atoms with Crippen molar-refractivity contribution in [2.45, 2.75) is 38.8 Å². The van der Waals surface area contributed by atoms with Gasteiger partial charge in [-0.05, 0) is 57.5 Å². The number of benzene rings is 1. The van der Waals surface area contributed by atoms with Crippen molar-refractivity contribution >= 4 is 11.1 Å². The Bertz CT molecular complexity index is 1020. The van der Waals surface area contributed by atoms with Gasteiger partial charge in [0.2, 0.25) is 5.71 Å². The highest BCUT2D eigenvalue weighted by atomic mass is 16.3.